The van der Waals surface area contributed by atoms with Gasteiger partial charge in [0.2, 0.25) is 0 Å². The van der Waals surface area contributed by atoms with E-state index in [-0.39, 0.29) is 5.60 Å². The molecule has 0 aliphatic rings. The first-order chi connectivity index (χ1) is 6.02. The van der Waals surface area contributed by atoms with Crippen LogP contribution in [0, 0.1) is 11.3 Å². The Morgan fingerprint density at radius 2 is 2.15 bits per heavy atom. The summed E-state index contributed by atoms with van der Waals surface area (Å²) in [5.41, 5.74) is 1.11. The summed E-state index contributed by atoms with van der Waals surface area (Å²) in [7, 11) is 1.73. The fourth-order valence-corrected chi connectivity index (χ4v) is 1.08. The third-order valence-electron chi connectivity index (χ3n) is 2.21. The molecule has 0 aliphatic carbocycles. The van der Waals surface area contributed by atoms with Crippen LogP contribution in [0.1, 0.15) is 40.0 Å². The van der Waals surface area contributed by atoms with E-state index in [9.17, 15) is 0 Å². The highest BCUT2D eigenvalue weighted by molar-refractivity contribution is 5.10. The Labute approximate surface area is 81.2 Å². The van der Waals surface area contributed by atoms with Gasteiger partial charge in [0.25, 0.3) is 0 Å². The highest BCUT2D eigenvalue weighted by Crippen LogP contribution is 2.18. The quantitative estimate of drug-likeness (QED) is 0.611. The summed E-state index contributed by atoms with van der Waals surface area (Å²) >= 11 is 0. The Kier molecular flexibility index (Phi) is 5.41. The topological polar surface area (TPSA) is 33.0 Å². The molecule has 0 heterocycles. The summed E-state index contributed by atoms with van der Waals surface area (Å²) in [5, 5.41) is 8.39. The number of allylic oxidation sites excluding steroid dienone is 2. The number of rotatable bonds is 5. The third-order valence-corrected chi connectivity index (χ3v) is 2.21. The Morgan fingerprint density at radius 3 is 2.62 bits per heavy atom. The van der Waals surface area contributed by atoms with Crippen molar-refractivity contribution in [2.24, 2.45) is 0 Å². The Balaban J connectivity index is 3.69. The summed E-state index contributed by atoms with van der Waals surface area (Å²) in [6, 6.07) is 2.04. The van der Waals surface area contributed by atoms with Gasteiger partial charge in [-0.1, -0.05) is 5.57 Å². The molecule has 0 spiro atoms. The Hall–Kier alpha value is -0.810. The number of nitriles is 1. The molecule has 0 fully saturated rings. The minimum absolute atomic E-state index is 0.0348. The summed E-state index contributed by atoms with van der Waals surface area (Å²) in [6.45, 7) is 6.15. The van der Waals surface area contributed by atoms with E-state index < -0.39 is 0 Å². The molecule has 0 aromatic heterocycles. The van der Waals surface area contributed by atoms with Crippen LogP contribution in [0.2, 0.25) is 0 Å². The Bertz CT molecular complexity index is 211. The predicted octanol–water partition coefficient (Wildman–Crippen LogP) is 3.05. The molecule has 0 aliphatic heterocycles. The number of methoxy groups -OCH3 is 1. The van der Waals surface area contributed by atoms with E-state index in [1.165, 1.54) is 0 Å². The molecule has 0 unspecified atom stereocenters. The maximum atomic E-state index is 8.39. The van der Waals surface area contributed by atoms with Crippen molar-refractivity contribution >= 4 is 0 Å². The molecular weight excluding hydrogens is 162 g/mol. The number of hydrogen-bond donors (Lipinski definition) is 0. The van der Waals surface area contributed by atoms with E-state index in [0.29, 0.717) is 0 Å². The van der Waals surface area contributed by atoms with E-state index in [0.717, 1.165) is 24.8 Å². The Morgan fingerprint density at radius 1 is 1.54 bits per heavy atom. The van der Waals surface area contributed by atoms with E-state index in [1.54, 1.807) is 13.2 Å². The first-order valence-corrected chi connectivity index (χ1v) is 4.62. The molecule has 0 saturated carbocycles. The van der Waals surface area contributed by atoms with Gasteiger partial charge in [-0.25, -0.2) is 0 Å². The fraction of sp³-hybridized carbons (Fsp3) is 0.727. The zero-order valence-electron chi connectivity index (χ0n) is 9.05. The highest BCUT2D eigenvalue weighted by Gasteiger charge is 2.14. The molecule has 2 nitrogen and oxygen atoms in total. The van der Waals surface area contributed by atoms with Gasteiger partial charge in [0.15, 0.2) is 0 Å². The van der Waals surface area contributed by atoms with Gasteiger partial charge in [0, 0.05) is 13.2 Å². The zero-order valence-corrected chi connectivity index (χ0v) is 9.05. The van der Waals surface area contributed by atoms with Crippen LogP contribution in [-0.2, 0) is 4.74 Å². The van der Waals surface area contributed by atoms with E-state index in [1.807, 2.05) is 13.0 Å². The minimum atomic E-state index is -0.0348. The molecule has 74 valence electrons. The molecule has 0 saturated heterocycles. The van der Waals surface area contributed by atoms with Crippen molar-refractivity contribution in [1.29, 1.82) is 5.26 Å². The molecule has 0 amide bonds. The maximum absolute atomic E-state index is 8.39. The van der Waals surface area contributed by atoms with Crippen LogP contribution in [0.3, 0.4) is 0 Å². The standard InChI is InChI=1S/C11H19NO/c1-10(7-9-12)6-5-8-11(2,3)13-4/h7H,5-6,8H2,1-4H3. The molecule has 2 heteroatoms. The van der Waals surface area contributed by atoms with Crippen molar-refractivity contribution in [3.63, 3.8) is 0 Å². The van der Waals surface area contributed by atoms with Crippen LogP contribution in [0.25, 0.3) is 0 Å². The molecule has 0 aromatic rings. The number of ether oxygens (including phenoxy) is 1. The van der Waals surface area contributed by atoms with Gasteiger partial charge in [0.1, 0.15) is 0 Å². The van der Waals surface area contributed by atoms with Crippen LogP contribution in [-0.4, -0.2) is 12.7 Å². The lowest BCUT2D eigenvalue weighted by atomic mass is 9.99. The average Bonchev–Trinajstić information content (AvgIpc) is 2.05. The maximum Gasteiger partial charge on any atom is 0.0911 e. The lowest BCUT2D eigenvalue weighted by Gasteiger charge is -2.22. The first kappa shape index (κ1) is 12.2. The molecule has 0 rings (SSSR count). The fourth-order valence-electron chi connectivity index (χ4n) is 1.08. The van der Waals surface area contributed by atoms with Gasteiger partial charge in [-0.15, -0.1) is 0 Å². The van der Waals surface area contributed by atoms with Crippen LogP contribution in [0.5, 0.6) is 0 Å². The predicted molar refractivity (Wildman–Crippen MR) is 54.3 cm³/mol. The normalized spacial score (nSPS) is 12.7. The molecule has 0 aromatic carbocycles. The summed E-state index contributed by atoms with van der Waals surface area (Å²) in [4.78, 5) is 0. The van der Waals surface area contributed by atoms with Crippen molar-refractivity contribution in [2.45, 2.75) is 45.6 Å². The van der Waals surface area contributed by atoms with Crippen LogP contribution >= 0.6 is 0 Å². The van der Waals surface area contributed by atoms with E-state index >= 15 is 0 Å². The summed E-state index contributed by atoms with van der Waals surface area (Å²) in [5.74, 6) is 0. The van der Waals surface area contributed by atoms with Gasteiger partial charge in [-0.05, 0) is 40.0 Å². The van der Waals surface area contributed by atoms with Gasteiger partial charge in [0.05, 0.1) is 11.7 Å². The molecule has 13 heavy (non-hydrogen) atoms. The average molecular weight is 181 g/mol. The second-order valence-electron chi connectivity index (χ2n) is 3.94. The molecular formula is C11H19NO. The van der Waals surface area contributed by atoms with Crippen molar-refractivity contribution in [2.75, 3.05) is 7.11 Å². The van der Waals surface area contributed by atoms with E-state index in [2.05, 4.69) is 13.8 Å². The third kappa shape index (κ3) is 6.36. The number of nitrogens with zero attached hydrogens (tertiary/aromatic N) is 1. The molecule has 0 atom stereocenters. The smallest absolute Gasteiger partial charge is 0.0911 e. The summed E-state index contributed by atoms with van der Waals surface area (Å²) < 4.78 is 5.29. The highest BCUT2D eigenvalue weighted by atomic mass is 16.5. The number of hydrogen-bond acceptors (Lipinski definition) is 2. The van der Waals surface area contributed by atoms with Crippen LogP contribution in [0.15, 0.2) is 11.6 Å². The van der Waals surface area contributed by atoms with Gasteiger partial charge in [-0.2, -0.15) is 5.26 Å². The largest absolute Gasteiger partial charge is 0.379 e. The molecule has 0 radical (unpaired) electrons. The second-order valence-corrected chi connectivity index (χ2v) is 3.94. The van der Waals surface area contributed by atoms with Gasteiger partial charge >= 0.3 is 0 Å². The molecule has 0 bridgehead atoms. The van der Waals surface area contributed by atoms with Crippen molar-refractivity contribution < 1.29 is 4.74 Å². The monoisotopic (exact) mass is 181 g/mol. The van der Waals surface area contributed by atoms with Crippen molar-refractivity contribution in [3.05, 3.63) is 11.6 Å². The second kappa shape index (κ2) is 5.77. The van der Waals surface area contributed by atoms with E-state index in [4.69, 9.17) is 10.00 Å². The minimum Gasteiger partial charge on any atom is -0.379 e. The summed E-state index contributed by atoms with van der Waals surface area (Å²) in [6.07, 6.45) is 4.70. The lowest BCUT2D eigenvalue weighted by molar-refractivity contribution is 0.0140. The SMILES string of the molecule is COC(C)(C)CCCC(C)=CC#N. The van der Waals surface area contributed by atoms with Crippen molar-refractivity contribution in [3.8, 4) is 6.07 Å². The zero-order chi connectivity index (χ0) is 10.3. The van der Waals surface area contributed by atoms with Crippen LogP contribution in [0.4, 0.5) is 0 Å². The lowest BCUT2D eigenvalue weighted by Crippen LogP contribution is -2.21. The van der Waals surface area contributed by atoms with Gasteiger partial charge < -0.3 is 4.74 Å². The molecule has 0 N–H and O–H groups in total. The van der Waals surface area contributed by atoms with Crippen LogP contribution < -0.4 is 0 Å². The van der Waals surface area contributed by atoms with Crippen molar-refractivity contribution in [1.82, 2.24) is 0 Å². The van der Waals surface area contributed by atoms with Gasteiger partial charge in [-0.3, -0.25) is 0 Å². The first-order valence-electron chi connectivity index (χ1n) is 4.62.